The largest absolute Gasteiger partial charge is 0.336 e. The van der Waals surface area contributed by atoms with Gasteiger partial charge in [0.1, 0.15) is 4.99 Å². The molecule has 0 saturated carbocycles. The molecule has 0 radical (unpaired) electrons. The normalized spacial score (nSPS) is 14.9. The van der Waals surface area contributed by atoms with Gasteiger partial charge in [-0.2, -0.15) is 5.06 Å². The molecule has 1 aliphatic rings. The van der Waals surface area contributed by atoms with Crippen molar-refractivity contribution in [1.29, 1.82) is 0 Å². The summed E-state index contributed by atoms with van der Waals surface area (Å²) in [5.74, 6) is -0.368. The van der Waals surface area contributed by atoms with Crippen LogP contribution in [0.2, 0.25) is 0 Å². The number of carbonyl (C=O) groups is 1. The van der Waals surface area contributed by atoms with Crippen LogP contribution in [0.4, 0.5) is 0 Å². The number of carbonyl (C=O) groups excluding carboxylic acids is 1. The predicted molar refractivity (Wildman–Crippen MR) is 65.2 cm³/mol. The van der Waals surface area contributed by atoms with E-state index in [1.807, 2.05) is 30.3 Å². The first kappa shape index (κ1) is 10.8. The Balaban J connectivity index is 2.20. The topological polar surface area (TPSA) is 29.5 Å². The highest BCUT2D eigenvalue weighted by molar-refractivity contribution is 7.80. The van der Waals surface area contributed by atoms with E-state index in [4.69, 9.17) is 17.1 Å². The standard InChI is InChI=1S/C12H11NO2S/c1-9(14)15-13-8-11(7-12(13)16)10-5-3-2-4-6-10/h2-6,8H,7H2,1H3. The lowest BCUT2D eigenvalue weighted by atomic mass is 10.1. The summed E-state index contributed by atoms with van der Waals surface area (Å²) < 4.78 is 0. The number of hydrogen-bond acceptors (Lipinski definition) is 3. The molecule has 2 rings (SSSR count). The van der Waals surface area contributed by atoms with E-state index in [1.54, 1.807) is 6.20 Å². The second kappa shape index (κ2) is 4.45. The molecule has 0 unspecified atom stereocenters. The summed E-state index contributed by atoms with van der Waals surface area (Å²) in [7, 11) is 0. The van der Waals surface area contributed by atoms with E-state index >= 15 is 0 Å². The molecular formula is C12H11NO2S. The van der Waals surface area contributed by atoms with E-state index < -0.39 is 0 Å². The van der Waals surface area contributed by atoms with Gasteiger partial charge >= 0.3 is 5.97 Å². The highest BCUT2D eigenvalue weighted by atomic mass is 32.1. The van der Waals surface area contributed by atoms with Gasteiger partial charge in [0.15, 0.2) is 0 Å². The lowest BCUT2D eigenvalue weighted by Crippen LogP contribution is -2.22. The molecule has 0 fully saturated rings. The van der Waals surface area contributed by atoms with Gasteiger partial charge in [-0.1, -0.05) is 42.5 Å². The maximum absolute atomic E-state index is 10.8. The van der Waals surface area contributed by atoms with Gasteiger partial charge in [-0.15, -0.1) is 0 Å². The van der Waals surface area contributed by atoms with Crippen molar-refractivity contribution in [1.82, 2.24) is 5.06 Å². The third kappa shape index (κ3) is 2.28. The average molecular weight is 233 g/mol. The van der Waals surface area contributed by atoms with Crippen molar-refractivity contribution < 1.29 is 9.63 Å². The maximum Gasteiger partial charge on any atom is 0.329 e. The van der Waals surface area contributed by atoms with Crippen molar-refractivity contribution >= 4 is 28.7 Å². The highest BCUT2D eigenvalue weighted by Gasteiger charge is 2.21. The molecule has 0 N–H and O–H groups in total. The lowest BCUT2D eigenvalue weighted by Gasteiger charge is -2.12. The third-order valence-electron chi connectivity index (χ3n) is 2.23. The van der Waals surface area contributed by atoms with Gasteiger partial charge in [-0.25, -0.2) is 4.79 Å². The van der Waals surface area contributed by atoms with Gasteiger partial charge in [0.05, 0.1) is 0 Å². The summed E-state index contributed by atoms with van der Waals surface area (Å²) in [4.78, 5) is 16.4. The average Bonchev–Trinajstić information content (AvgIpc) is 2.61. The molecule has 3 nitrogen and oxygen atoms in total. The quantitative estimate of drug-likeness (QED) is 0.734. The van der Waals surface area contributed by atoms with Crippen molar-refractivity contribution in [2.24, 2.45) is 0 Å². The number of hydroxylamine groups is 2. The van der Waals surface area contributed by atoms with E-state index in [-0.39, 0.29) is 5.97 Å². The number of rotatable bonds is 2. The molecule has 1 aromatic rings. The Kier molecular flexibility index (Phi) is 3.01. The first-order valence-corrected chi connectivity index (χ1v) is 5.34. The molecule has 0 aliphatic carbocycles. The van der Waals surface area contributed by atoms with Gasteiger partial charge in [-0.3, -0.25) is 0 Å². The fourth-order valence-electron chi connectivity index (χ4n) is 1.54. The van der Waals surface area contributed by atoms with E-state index in [1.165, 1.54) is 12.0 Å². The first-order chi connectivity index (χ1) is 7.66. The van der Waals surface area contributed by atoms with Gasteiger partial charge in [0.25, 0.3) is 0 Å². The zero-order valence-corrected chi connectivity index (χ0v) is 9.66. The van der Waals surface area contributed by atoms with Crippen LogP contribution in [-0.2, 0) is 9.63 Å². The predicted octanol–water partition coefficient (Wildman–Crippen LogP) is 2.54. The molecule has 1 aromatic carbocycles. The van der Waals surface area contributed by atoms with Crippen LogP contribution in [0.25, 0.3) is 5.57 Å². The third-order valence-corrected chi connectivity index (χ3v) is 2.56. The number of hydrogen-bond donors (Lipinski definition) is 0. The van der Waals surface area contributed by atoms with Crippen LogP contribution in [0.3, 0.4) is 0 Å². The molecule has 1 aliphatic heterocycles. The van der Waals surface area contributed by atoms with Crippen LogP contribution in [0.15, 0.2) is 36.5 Å². The smallest absolute Gasteiger partial charge is 0.329 e. The summed E-state index contributed by atoms with van der Waals surface area (Å²) >= 11 is 5.13. The summed E-state index contributed by atoms with van der Waals surface area (Å²) in [5.41, 5.74) is 2.16. The number of benzene rings is 1. The van der Waals surface area contributed by atoms with Crippen molar-refractivity contribution in [2.75, 3.05) is 0 Å². The summed E-state index contributed by atoms with van der Waals surface area (Å²) in [6.07, 6.45) is 2.39. The zero-order chi connectivity index (χ0) is 11.5. The first-order valence-electron chi connectivity index (χ1n) is 4.93. The minimum absolute atomic E-state index is 0.368. The molecule has 0 atom stereocenters. The van der Waals surface area contributed by atoms with Crippen LogP contribution in [0.1, 0.15) is 18.9 Å². The highest BCUT2D eigenvalue weighted by Crippen LogP contribution is 2.26. The van der Waals surface area contributed by atoms with E-state index in [9.17, 15) is 4.79 Å². The molecule has 4 heteroatoms. The van der Waals surface area contributed by atoms with Crippen LogP contribution in [0.5, 0.6) is 0 Å². The van der Waals surface area contributed by atoms with Crippen molar-refractivity contribution in [3.8, 4) is 0 Å². The van der Waals surface area contributed by atoms with Crippen LogP contribution >= 0.6 is 12.2 Å². The molecule has 82 valence electrons. The Labute approximate surface area is 99.3 Å². The molecular weight excluding hydrogens is 222 g/mol. The Morgan fingerprint density at radius 1 is 1.38 bits per heavy atom. The second-order valence-electron chi connectivity index (χ2n) is 3.50. The van der Waals surface area contributed by atoms with E-state index in [0.29, 0.717) is 11.4 Å². The van der Waals surface area contributed by atoms with Crippen LogP contribution < -0.4 is 0 Å². The van der Waals surface area contributed by atoms with Crippen molar-refractivity contribution in [2.45, 2.75) is 13.3 Å². The zero-order valence-electron chi connectivity index (χ0n) is 8.84. The molecule has 16 heavy (non-hydrogen) atoms. The summed E-state index contributed by atoms with van der Waals surface area (Å²) in [5, 5.41) is 1.36. The molecule has 0 aromatic heterocycles. The monoisotopic (exact) mass is 233 g/mol. The minimum Gasteiger partial charge on any atom is -0.336 e. The fraction of sp³-hybridized carbons (Fsp3) is 0.167. The Bertz CT molecular complexity index is 453. The second-order valence-corrected chi connectivity index (χ2v) is 3.97. The molecule has 0 bridgehead atoms. The molecule has 0 spiro atoms. The van der Waals surface area contributed by atoms with Crippen molar-refractivity contribution in [3.63, 3.8) is 0 Å². The number of thiocarbonyl (C=S) groups is 1. The van der Waals surface area contributed by atoms with Gasteiger partial charge in [0.2, 0.25) is 0 Å². The molecule has 1 heterocycles. The SMILES string of the molecule is CC(=O)ON1C=C(c2ccccc2)CC1=S. The van der Waals surface area contributed by atoms with E-state index in [0.717, 1.165) is 11.1 Å². The van der Waals surface area contributed by atoms with Crippen molar-refractivity contribution in [3.05, 3.63) is 42.1 Å². The fourth-order valence-corrected chi connectivity index (χ4v) is 1.79. The van der Waals surface area contributed by atoms with Gasteiger partial charge in [-0.05, 0) is 11.1 Å². The Hall–Kier alpha value is -1.68. The van der Waals surface area contributed by atoms with Crippen LogP contribution in [-0.4, -0.2) is 16.0 Å². The maximum atomic E-state index is 10.8. The van der Waals surface area contributed by atoms with Gasteiger partial charge in [0, 0.05) is 19.5 Å². The number of nitrogens with zero attached hydrogens (tertiary/aromatic N) is 1. The lowest BCUT2D eigenvalue weighted by molar-refractivity contribution is -0.161. The van der Waals surface area contributed by atoms with Gasteiger partial charge < -0.3 is 4.84 Å². The van der Waals surface area contributed by atoms with E-state index in [2.05, 4.69) is 0 Å². The molecule has 0 amide bonds. The molecule has 0 saturated heterocycles. The Morgan fingerprint density at radius 3 is 2.69 bits per heavy atom. The summed E-state index contributed by atoms with van der Waals surface area (Å²) in [6.45, 7) is 1.36. The summed E-state index contributed by atoms with van der Waals surface area (Å²) in [6, 6.07) is 9.90. The Morgan fingerprint density at radius 2 is 2.06 bits per heavy atom. The minimum atomic E-state index is -0.368. The van der Waals surface area contributed by atoms with Crippen LogP contribution in [0, 0.1) is 0 Å².